The van der Waals surface area contributed by atoms with Crippen molar-refractivity contribution in [1.82, 2.24) is 0 Å². The molecular formula is C18H20O3. The normalized spacial score (nSPS) is 41.9. The maximum absolute atomic E-state index is 12.7. The minimum absolute atomic E-state index is 0.0525. The Kier molecular flexibility index (Phi) is 1.98. The molecule has 0 radical (unpaired) electrons. The Bertz CT molecular complexity index is 692. The summed E-state index contributed by atoms with van der Waals surface area (Å²) in [6, 6.07) is 1.95. The van der Waals surface area contributed by atoms with E-state index in [-0.39, 0.29) is 17.5 Å². The lowest BCUT2D eigenvalue weighted by molar-refractivity contribution is -0.207. The molecule has 1 N–H and O–H groups in total. The summed E-state index contributed by atoms with van der Waals surface area (Å²) in [5, 5.41) is 10.2. The molecule has 110 valence electrons. The van der Waals surface area contributed by atoms with Gasteiger partial charge in [-0.3, -0.25) is 4.79 Å². The lowest BCUT2D eigenvalue weighted by atomic mass is 9.50. The van der Waals surface area contributed by atoms with Gasteiger partial charge in [0.2, 0.25) is 0 Å². The van der Waals surface area contributed by atoms with Crippen LogP contribution < -0.4 is 0 Å². The number of ether oxygens (including phenoxy) is 1. The molecule has 3 heteroatoms. The number of phenols is 1. The predicted octanol–water partition coefficient (Wildman–Crippen LogP) is 2.85. The maximum atomic E-state index is 12.7. The number of aromatic hydroxyl groups is 1. The molecule has 2 saturated heterocycles. The monoisotopic (exact) mass is 284 g/mol. The largest absolute Gasteiger partial charge is 0.508 e. The van der Waals surface area contributed by atoms with Crippen molar-refractivity contribution in [2.45, 2.75) is 51.6 Å². The summed E-state index contributed by atoms with van der Waals surface area (Å²) < 4.78 is 5.79. The third-order valence-electron chi connectivity index (χ3n) is 6.94. The molecule has 3 aliphatic carbocycles. The van der Waals surface area contributed by atoms with Gasteiger partial charge in [0.05, 0.1) is 5.41 Å². The van der Waals surface area contributed by atoms with Crippen LogP contribution in [-0.4, -0.2) is 17.2 Å². The first-order valence-electron chi connectivity index (χ1n) is 8.09. The van der Waals surface area contributed by atoms with Crippen LogP contribution in [0.25, 0.3) is 0 Å². The first kappa shape index (κ1) is 12.1. The quantitative estimate of drug-likeness (QED) is 0.745. The highest BCUT2D eigenvalue weighted by Crippen LogP contribution is 2.67. The molecule has 1 aromatic carbocycles. The molecule has 21 heavy (non-hydrogen) atoms. The van der Waals surface area contributed by atoms with Crippen molar-refractivity contribution in [2.75, 3.05) is 0 Å². The number of fused-ring (bicyclic) bond motifs is 2. The Morgan fingerprint density at radius 3 is 3.00 bits per heavy atom. The number of hydrogen-bond donors (Lipinski definition) is 1. The van der Waals surface area contributed by atoms with Crippen molar-refractivity contribution in [2.24, 2.45) is 17.3 Å². The Hall–Kier alpha value is -1.51. The molecular weight excluding hydrogens is 264 g/mol. The van der Waals surface area contributed by atoms with E-state index in [4.69, 9.17) is 4.74 Å². The van der Waals surface area contributed by atoms with Crippen LogP contribution in [0.1, 0.15) is 47.9 Å². The second kappa shape index (κ2) is 3.45. The van der Waals surface area contributed by atoms with Crippen molar-refractivity contribution < 1.29 is 14.6 Å². The number of hydrogen-bond acceptors (Lipinski definition) is 3. The van der Waals surface area contributed by atoms with Crippen LogP contribution in [0.5, 0.6) is 5.75 Å². The van der Waals surface area contributed by atoms with E-state index in [9.17, 15) is 9.90 Å². The molecule has 3 nitrogen and oxygen atoms in total. The van der Waals surface area contributed by atoms with Gasteiger partial charge in [0.15, 0.2) is 0 Å². The number of aryl methyl sites for hydroxylation is 1. The first-order valence-corrected chi connectivity index (χ1v) is 8.09. The molecule has 6 rings (SSSR count). The summed E-state index contributed by atoms with van der Waals surface area (Å²) in [5.41, 5.74) is 4.70. The summed E-state index contributed by atoms with van der Waals surface area (Å²) in [6.07, 6.45) is 3.85. The zero-order valence-corrected chi connectivity index (χ0v) is 12.5. The highest BCUT2D eigenvalue weighted by molar-refractivity contribution is 5.83. The second-order valence-corrected chi connectivity index (χ2v) is 7.54. The number of phenolic OH excluding ortho intramolecular Hbond substituents is 1. The molecule has 0 unspecified atom stereocenters. The number of rotatable bonds is 0. The molecule has 2 bridgehead atoms. The molecule has 5 atom stereocenters. The SMILES string of the molecule is Cc1c(O)cc2c3c1C[C@@H]1[C@@H]4C[C@H](C)[C@@](CC2)(C(=O)O4)[C@H]31. The minimum atomic E-state index is -0.291. The van der Waals surface area contributed by atoms with Gasteiger partial charge < -0.3 is 9.84 Å². The highest BCUT2D eigenvalue weighted by atomic mass is 16.5. The molecule has 2 aliphatic heterocycles. The number of carbonyl (C=O) groups is 1. The van der Waals surface area contributed by atoms with Crippen LogP contribution >= 0.6 is 0 Å². The third-order valence-corrected chi connectivity index (χ3v) is 6.94. The molecule has 1 spiro atoms. The molecule has 1 saturated carbocycles. The zero-order chi connectivity index (χ0) is 14.5. The fourth-order valence-corrected chi connectivity index (χ4v) is 5.91. The van der Waals surface area contributed by atoms with E-state index in [1.165, 1.54) is 16.7 Å². The summed E-state index contributed by atoms with van der Waals surface area (Å²) in [6.45, 7) is 4.25. The van der Waals surface area contributed by atoms with Crippen molar-refractivity contribution in [3.63, 3.8) is 0 Å². The number of carbonyl (C=O) groups excluding carboxylic acids is 1. The van der Waals surface area contributed by atoms with Crippen LogP contribution in [0.2, 0.25) is 0 Å². The van der Waals surface area contributed by atoms with Crippen LogP contribution in [0.15, 0.2) is 6.07 Å². The van der Waals surface area contributed by atoms with Gasteiger partial charge in [-0.25, -0.2) is 0 Å². The summed E-state index contributed by atoms with van der Waals surface area (Å²) in [7, 11) is 0. The molecule has 5 aliphatic rings. The Balaban J connectivity index is 1.82. The van der Waals surface area contributed by atoms with Crippen molar-refractivity contribution in [1.29, 1.82) is 0 Å². The van der Waals surface area contributed by atoms with E-state index in [1.54, 1.807) is 0 Å². The van der Waals surface area contributed by atoms with E-state index >= 15 is 0 Å². The molecule has 3 fully saturated rings. The van der Waals surface area contributed by atoms with Crippen LogP contribution in [0.4, 0.5) is 0 Å². The molecule has 1 aromatic rings. The van der Waals surface area contributed by atoms with Crippen molar-refractivity contribution >= 4 is 5.97 Å². The Labute approximate surface area is 124 Å². The lowest BCUT2D eigenvalue weighted by Gasteiger charge is -2.57. The van der Waals surface area contributed by atoms with E-state index in [0.717, 1.165) is 31.2 Å². The summed E-state index contributed by atoms with van der Waals surface area (Å²) >= 11 is 0. The maximum Gasteiger partial charge on any atom is 0.313 e. The standard InChI is InChI=1S/C18H20O3/c1-8-5-14-12-7-11-9(2)13(19)6-10-3-4-18(8,17(20)21-14)16(12)15(10)11/h6,8,12,14,16,19H,3-5,7H2,1-2H3/t8-,12+,14-,16-,18+/m0/s1. The highest BCUT2D eigenvalue weighted by Gasteiger charge is 2.67. The van der Waals surface area contributed by atoms with Gasteiger partial charge in [0.25, 0.3) is 0 Å². The van der Waals surface area contributed by atoms with Gasteiger partial charge in [-0.05, 0) is 66.8 Å². The van der Waals surface area contributed by atoms with Gasteiger partial charge in [0.1, 0.15) is 11.9 Å². The molecule has 0 amide bonds. The van der Waals surface area contributed by atoms with E-state index < -0.39 is 0 Å². The Morgan fingerprint density at radius 1 is 1.43 bits per heavy atom. The predicted molar refractivity (Wildman–Crippen MR) is 77.2 cm³/mol. The van der Waals surface area contributed by atoms with Crippen LogP contribution in [0.3, 0.4) is 0 Å². The fraction of sp³-hybridized carbons (Fsp3) is 0.611. The van der Waals surface area contributed by atoms with Gasteiger partial charge in [-0.2, -0.15) is 0 Å². The van der Waals surface area contributed by atoms with Crippen LogP contribution in [0, 0.1) is 24.2 Å². The topological polar surface area (TPSA) is 46.5 Å². The second-order valence-electron chi connectivity index (χ2n) is 7.54. The Morgan fingerprint density at radius 2 is 2.24 bits per heavy atom. The third kappa shape index (κ3) is 1.14. The van der Waals surface area contributed by atoms with E-state index in [2.05, 4.69) is 6.92 Å². The zero-order valence-electron chi connectivity index (χ0n) is 12.5. The minimum Gasteiger partial charge on any atom is -0.508 e. The van der Waals surface area contributed by atoms with Crippen LogP contribution in [-0.2, 0) is 22.4 Å². The summed E-state index contributed by atoms with van der Waals surface area (Å²) in [5.74, 6) is 1.67. The lowest BCUT2D eigenvalue weighted by Crippen LogP contribution is -2.60. The average Bonchev–Trinajstić information content (AvgIpc) is 2.86. The number of esters is 1. The first-order chi connectivity index (χ1) is 10.0. The van der Waals surface area contributed by atoms with Gasteiger partial charge in [-0.1, -0.05) is 6.92 Å². The smallest absolute Gasteiger partial charge is 0.313 e. The van der Waals surface area contributed by atoms with Gasteiger partial charge >= 0.3 is 5.97 Å². The average molecular weight is 284 g/mol. The fourth-order valence-electron chi connectivity index (χ4n) is 5.91. The summed E-state index contributed by atoms with van der Waals surface area (Å²) in [4.78, 5) is 12.7. The van der Waals surface area contributed by atoms with Crippen molar-refractivity contribution in [3.8, 4) is 5.75 Å². The van der Waals surface area contributed by atoms with E-state index in [1.807, 2.05) is 13.0 Å². The van der Waals surface area contributed by atoms with Crippen molar-refractivity contribution in [3.05, 3.63) is 28.3 Å². The molecule has 2 heterocycles. The number of benzene rings is 1. The molecule has 0 aromatic heterocycles. The van der Waals surface area contributed by atoms with Gasteiger partial charge in [-0.15, -0.1) is 0 Å². The van der Waals surface area contributed by atoms with E-state index in [0.29, 0.717) is 23.5 Å². The van der Waals surface area contributed by atoms with Gasteiger partial charge in [0, 0.05) is 11.8 Å².